The lowest BCUT2D eigenvalue weighted by atomic mass is 9.33. The van der Waals surface area contributed by atoms with E-state index in [-0.39, 0.29) is 41.8 Å². The van der Waals surface area contributed by atoms with Crippen LogP contribution < -0.4 is 0 Å². The average Bonchev–Trinajstić information content (AvgIpc) is 2.80. The summed E-state index contributed by atoms with van der Waals surface area (Å²) in [6.45, 7) is 10.3. The lowest BCUT2D eigenvalue weighted by Crippen LogP contribution is -2.70. The Balaban J connectivity index is 1.64. The maximum Gasteiger partial charge on any atom is 0.312 e. The molecule has 0 heterocycles. The SMILES string of the molecule is CC1(C)CC[C@]2(C(=O)O)[C@H](O)C[C@]3(C)C(=CC[C@@H]4[C@@]5(C)C[C@H](O)[C@H](O)C(CO)(CO)[C@@H]5CC[C@]43C)[C@@H]2C1. The molecule has 5 aliphatic carbocycles. The number of aliphatic carboxylic acids is 1. The van der Waals surface area contributed by atoms with Crippen molar-refractivity contribution in [3.05, 3.63) is 11.6 Å². The van der Waals surface area contributed by atoms with Crippen molar-refractivity contribution in [2.45, 2.75) is 104 Å². The van der Waals surface area contributed by atoms with E-state index < -0.39 is 45.9 Å². The topological polar surface area (TPSA) is 138 Å². The summed E-state index contributed by atoms with van der Waals surface area (Å²) in [5.74, 6) is -1.18. The summed E-state index contributed by atoms with van der Waals surface area (Å²) in [5.41, 5.74) is -2.26. The van der Waals surface area contributed by atoms with Crippen molar-refractivity contribution in [3.63, 3.8) is 0 Å². The van der Waals surface area contributed by atoms with E-state index in [2.05, 4.69) is 40.7 Å². The van der Waals surface area contributed by atoms with E-state index >= 15 is 0 Å². The zero-order valence-corrected chi connectivity index (χ0v) is 23.2. The second-order valence-electron chi connectivity index (χ2n) is 15.0. The molecule has 0 aromatic carbocycles. The number of aliphatic hydroxyl groups is 5. The van der Waals surface area contributed by atoms with Gasteiger partial charge in [-0.15, -0.1) is 0 Å². The molecule has 0 spiro atoms. The molecule has 6 N–H and O–H groups in total. The van der Waals surface area contributed by atoms with Crippen LogP contribution in [0.1, 0.15) is 86.0 Å². The van der Waals surface area contributed by atoms with Gasteiger partial charge in [-0.25, -0.2) is 0 Å². The quantitative estimate of drug-likeness (QED) is 0.314. The van der Waals surface area contributed by atoms with E-state index in [9.17, 15) is 35.4 Å². The number of carboxylic acids is 1. The van der Waals surface area contributed by atoms with E-state index in [1.54, 1.807) is 0 Å². The number of carboxylic acid groups (broad SMARTS) is 1. The molecule has 0 bridgehead atoms. The Bertz CT molecular complexity index is 986. The van der Waals surface area contributed by atoms with Gasteiger partial charge >= 0.3 is 5.97 Å². The summed E-state index contributed by atoms with van der Waals surface area (Å²) in [4.78, 5) is 12.8. The smallest absolute Gasteiger partial charge is 0.312 e. The van der Waals surface area contributed by atoms with Crippen molar-refractivity contribution in [1.82, 2.24) is 0 Å². The van der Waals surface area contributed by atoms with Gasteiger partial charge in [0, 0.05) is 5.41 Å². The van der Waals surface area contributed by atoms with Crippen LogP contribution in [0.25, 0.3) is 0 Å². The van der Waals surface area contributed by atoms with Gasteiger partial charge in [-0.3, -0.25) is 4.79 Å². The van der Waals surface area contributed by atoms with Crippen LogP contribution in [-0.2, 0) is 4.79 Å². The van der Waals surface area contributed by atoms with Gasteiger partial charge in [0.05, 0.1) is 31.5 Å². The van der Waals surface area contributed by atoms with Crippen LogP contribution in [-0.4, -0.2) is 68.1 Å². The lowest BCUT2D eigenvalue weighted by molar-refractivity contribution is -0.260. The molecular weight excluding hydrogens is 472 g/mol. The zero-order valence-electron chi connectivity index (χ0n) is 23.2. The molecule has 0 aromatic heterocycles. The van der Waals surface area contributed by atoms with Gasteiger partial charge in [-0.2, -0.15) is 0 Å². The van der Waals surface area contributed by atoms with E-state index in [0.29, 0.717) is 25.7 Å². The van der Waals surface area contributed by atoms with Crippen molar-refractivity contribution in [3.8, 4) is 0 Å². The van der Waals surface area contributed by atoms with Gasteiger partial charge in [-0.1, -0.05) is 46.3 Å². The maximum atomic E-state index is 12.8. The normalized spacial score (nSPS) is 52.1. The second-order valence-corrected chi connectivity index (χ2v) is 15.0. The number of carbonyl (C=O) groups is 1. The zero-order chi connectivity index (χ0) is 27.4. The van der Waals surface area contributed by atoms with Gasteiger partial charge in [-0.05, 0) is 90.8 Å². The first-order chi connectivity index (χ1) is 17.1. The third-order valence-electron chi connectivity index (χ3n) is 13.2. The first-order valence-electron chi connectivity index (χ1n) is 14.3. The Kier molecular flexibility index (Phi) is 6.16. The Morgan fingerprint density at radius 2 is 1.57 bits per heavy atom. The van der Waals surface area contributed by atoms with Gasteiger partial charge in [0.1, 0.15) is 5.41 Å². The fourth-order valence-corrected chi connectivity index (χ4v) is 10.9. The first kappa shape index (κ1) is 27.6. The first-order valence-corrected chi connectivity index (χ1v) is 14.3. The van der Waals surface area contributed by atoms with E-state index in [1.165, 1.54) is 5.57 Å². The summed E-state index contributed by atoms with van der Waals surface area (Å²) >= 11 is 0. The molecule has 5 rings (SSSR count). The summed E-state index contributed by atoms with van der Waals surface area (Å²) in [5, 5.41) is 65.1. The summed E-state index contributed by atoms with van der Waals surface area (Å²) in [6, 6.07) is 0. The lowest BCUT2D eigenvalue weighted by Gasteiger charge is -2.72. The van der Waals surface area contributed by atoms with Crippen LogP contribution in [0.5, 0.6) is 0 Å². The number of fused-ring (bicyclic) bond motifs is 7. The second kappa shape index (κ2) is 8.26. The molecule has 0 amide bonds. The molecule has 4 fully saturated rings. The maximum absolute atomic E-state index is 12.8. The van der Waals surface area contributed by atoms with Crippen molar-refractivity contribution < 1.29 is 35.4 Å². The highest BCUT2D eigenvalue weighted by Gasteiger charge is 2.72. The third-order valence-corrected chi connectivity index (χ3v) is 13.2. The number of allylic oxidation sites excluding steroid dienone is 2. The minimum Gasteiger partial charge on any atom is -0.481 e. The molecule has 37 heavy (non-hydrogen) atoms. The van der Waals surface area contributed by atoms with E-state index in [4.69, 9.17) is 0 Å². The van der Waals surface area contributed by atoms with Gasteiger partial charge < -0.3 is 30.6 Å². The monoisotopic (exact) mass is 520 g/mol. The van der Waals surface area contributed by atoms with Crippen LogP contribution in [0, 0.1) is 50.2 Å². The minimum atomic E-state index is -1.19. The van der Waals surface area contributed by atoms with Crippen molar-refractivity contribution >= 4 is 5.97 Å². The van der Waals surface area contributed by atoms with Crippen LogP contribution in [0.15, 0.2) is 11.6 Å². The highest BCUT2D eigenvalue weighted by Crippen LogP contribution is 2.75. The standard InChI is InChI=1S/C30H48O7/c1-25(2)10-11-30(24(36)37)18(12-25)17-6-7-20-26(3)13-19(33)23(35)29(15-31,16-32)21(26)8-9-27(20,4)28(17,5)14-22(30)34/h6,18-23,31-35H,7-16H2,1-5H3,(H,36,37)/t18-,19-,20+,21+,22+,23-,26+,27+,28+,30+/m0/s1. The molecular formula is C30H48O7. The average molecular weight is 521 g/mol. The molecule has 7 nitrogen and oxygen atoms in total. The Morgan fingerprint density at radius 1 is 0.919 bits per heavy atom. The molecule has 7 heteroatoms. The molecule has 210 valence electrons. The predicted molar refractivity (Wildman–Crippen MR) is 138 cm³/mol. The van der Waals surface area contributed by atoms with Gasteiger partial charge in [0.15, 0.2) is 0 Å². The van der Waals surface area contributed by atoms with Crippen LogP contribution >= 0.6 is 0 Å². The van der Waals surface area contributed by atoms with E-state index in [0.717, 1.165) is 25.7 Å². The largest absolute Gasteiger partial charge is 0.481 e. The van der Waals surface area contributed by atoms with Crippen molar-refractivity contribution in [1.29, 1.82) is 0 Å². The van der Waals surface area contributed by atoms with Crippen LogP contribution in [0.3, 0.4) is 0 Å². The minimum absolute atomic E-state index is 0.00467. The number of rotatable bonds is 3. The molecule has 4 saturated carbocycles. The molecule has 0 unspecified atom stereocenters. The predicted octanol–water partition coefficient (Wildman–Crippen LogP) is 3.12. The Hall–Kier alpha value is -0.990. The molecule has 0 aliphatic heterocycles. The molecule has 0 saturated heterocycles. The number of hydrogen-bond acceptors (Lipinski definition) is 6. The van der Waals surface area contributed by atoms with Gasteiger partial charge in [0.2, 0.25) is 0 Å². The fourth-order valence-electron chi connectivity index (χ4n) is 10.9. The Labute approximate surface area is 221 Å². The number of aliphatic hydroxyl groups excluding tert-OH is 5. The van der Waals surface area contributed by atoms with Crippen LogP contribution in [0.4, 0.5) is 0 Å². The molecule has 10 atom stereocenters. The fraction of sp³-hybridized carbons (Fsp3) is 0.900. The Morgan fingerprint density at radius 3 is 2.16 bits per heavy atom. The van der Waals surface area contributed by atoms with Crippen molar-refractivity contribution in [2.75, 3.05) is 13.2 Å². The number of hydrogen-bond donors (Lipinski definition) is 6. The highest BCUT2D eigenvalue weighted by atomic mass is 16.4. The summed E-state index contributed by atoms with van der Waals surface area (Å²) in [6.07, 6.45) is 4.08. The molecule has 0 aromatic rings. The van der Waals surface area contributed by atoms with E-state index in [1.807, 2.05) is 0 Å². The summed E-state index contributed by atoms with van der Waals surface area (Å²) < 4.78 is 0. The summed E-state index contributed by atoms with van der Waals surface area (Å²) in [7, 11) is 0. The van der Waals surface area contributed by atoms with Gasteiger partial charge in [0.25, 0.3) is 0 Å². The molecule has 5 aliphatic rings. The highest BCUT2D eigenvalue weighted by molar-refractivity contribution is 5.77. The van der Waals surface area contributed by atoms with Crippen molar-refractivity contribution in [2.24, 2.45) is 50.2 Å². The third kappa shape index (κ3) is 3.21. The van der Waals surface area contributed by atoms with Crippen LogP contribution in [0.2, 0.25) is 0 Å². The molecule has 0 radical (unpaired) electrons.